The van der Waals surface area contributed by atoms with E-state index in [0.717, 1.165) is 12.0 Å². The second-order valence-corrected chi connectivity index (χ2v) is 3.93. The standard InChI is InChI=1S/C12H15ClO2/c13-8-4-7-11(12(14)15)9-10-5-2-1-3-6-10/h1-3,5-6,11H,4,7-9H2,(H,14,15). The summed E-state index contributed by atoms with van der Waals surface area (Å²) in [6, 6.07) is 9.69. The van der Waals surface area contributed by atoms with Gasteiger partial charge in [0.15, 0.2) is 0 Å². The maximum atomic E-state index is 11.0. The molecule has 15 heavy (non-hydrogen) atoms. The van der Waals surface area contributed by atoms with Gasteiger partial charge >= 0.3 is 5.97 Å². The first-order valence-corrected chi connectivity index (χ1v) is 5.60. The zero-order valence-corrected chi connectivity index (χ0v) is 9.28. The summed E-state index contributed by atoms with van der Waals surface area (Å²) in [5, 5.41) is 9.02. The molecule has 0 aliphatic heterocycles. The molecule has 0 bridgehead atoms. The van der Waals surface area contributed by atoms with Crippen molar-refractivity contribution < 1.29 is 9.90 Å². The summed E-state index contributed by atoms with van der Waals surface area (Å²) in [7, 11) is 0. The van der Waals surface area contributed by atoms with Gasteiger partial charge in [-0.05, 0) is 24.8 Å². The van der Waals surface area contributed by atoms with E-state index < -0.39 is 5.97 Å². The Hall–Kier alpha value is -1.02. The van der Waals surface area contributed by atoms with Gasteiger partial charge in [0, 0.05) is 5.88 Å². The molecule has 0 aromatic heterocycles. The van der Waals surface area contributed by atoms with Gasteiger partial charge < -0.3 is 5.11 Å². The molecule has 1 unspecified atom stereocenters. The van der Waals surface area contributed by atoms with E-state index >= 15 is 0 Å². The van der Waals surface area contributed by atoms with Gasteiger partial charge in [-0.15, -0.1) is 11.6 Å². The van der Waals surface area contributed by atoms with Crippen LogP contribution in [0.4, 0.5) is 0 Å². The second kappa shape index (κ2) is 6.46. The molecule has 1 N–H and O–H groups in total. The highest BCUT2D eigenvalue weighted by Gasteiger charge is 2.16. The van der Waals surface area contributed by atoms with Crippen LogP contribution in [-0.2, 0) is 11.2 Å². The fraction of sp³-hybridized carbons (Fsp3) is 0.417. The van der Waals surface area contributed by atoms with E-state index in [0.29, 0.717) is 18.7 Å². The molecule has 2 nitrogen and oxygen atoms in total. The van der Waals surface area contributed by atoms with Gasteiger partial charge in [0.25, 0.3) is 0 Å². The highest BCUT2D eigenvalue weighted by molar-refractivity contribution is 6.17. The van der Waals surface area contributed by atoms with E-state index in [2.05, 4.69) is 0 Å². The molecular formula is C12H15ClO2. The summed E-state index contributed by atoms with van der Waals surface area (Å²) in [6.07, 6.45) is 1.99. The average Bonchev–Trinajstić information content (AvgIpc) is 2.25. The van der Waals surface area contributed by atoms with Crippen LogP contribution in [0.1, 0.15) is 18.4 Å². The normalized spacial score (nSPS) is 12.3. The van der Waals surface area contributed by atoms with Crippen molar-refractivity contribution in [1.29, 1.82) is 0 Å². The molecule has 0 saturated heterocycles. The molecule has 0 fully saturated rings. The average molecular weight is 227 g/mol. The van der Waals surface area contributed by atoms with Crippen molar-refractivity contribution in [2.75, 3.05) is 5.88 Å². The van der Waals surface area contributed by atoms with Crippen LogP contribution in [0.5, 0.6) is 0 Å². The summed E-state index contributed by atoms with van der Waals surface area (Å²) in [4.78, 5) is 11.0. The fourth-order valence-corrected chi connectivity index (χ4v) is 1.69. The highest BCUT2D eigenvalue weighted by atomic mass is 35.5. The quantitative estimate of drug-likeness (QED) is 0.758. The van der Waals surface area contributed by atoms with Crippen LogP contribution in [0.15, 0.2) is 30.3 Å². The van der Waals surface area contributed by atoms with Gasteiger partial charge in [0.05, 0.1) is 5.92 Å². The van der Waals surface area contributed by atoms with Gasteiger partial charge in [-0.25, -0.2) is 0 Å². The molecule has 1 atom stereocenters. The van der Waals surface area contributed by atoms with Crippen molar-refractivity contribution in [2.45, 2.75) is 19.3 Å². The maximum Gasteiger partial charge on any atom is 0.306 e. The number of hydrogen-bond acceptors (Lipinski definition) is 1. The molecule has 82 valence electrons. The van der Waals surface area contributed by atoms with Crippen molar-refractivity contribution in [3.8, 4) is 0 Å². The lowest BCUT2D eigenvalue weighted by atomic mass is 9.95. The van der Waals surface area contributed by atoms with E-state index in [1.54, 1.807) is 0 Å². The molecule has 0 spiro atoms. The molecule has 1 aromatic carbocycles. The zero-order chi connectivity index (χ0) is 11.1. The van der Waals surface area contributed by atoms with Crippen molar-refractivity contribution in [3.63, 3.8) is 0 Å². The van der Waals surface area contributed by atoms with Gasteiger partial charge in [-0.2, -0.15) is 0 Å². The molecule has 1 rings (SSSR count). The SMILES string of the molecule is O=C(O)C(CCCCl)Cc1ccccc1. The highest BCUT2D eigenvalue weighted by Crippen LogP contribution is 2.14. The number of carbonyl (C=O) groups is 1. The van der Waals surface area contributed by atoms with E-state index in [1.807, 2.05) is 30.3 Å². The van der Waals surface area contributed by atoms with Crippen molar-refractivity contribution in [3.05, 3.63) is 35.9 Å². The third-order valence-corrected chi connectivity index (χ3v) is 2.63. The minimum atomic E-state index is -0.732. The van der Waals surface area contributed by atoms with Gasteiger partial charge in [0.2, 0.25) is 0 Å². The Morgan fingerprint density at radius 3 is 2.53 bits per heavy atom. The van der Waals surface area contributed by atoms with Crippen molar-refractivity contribution in [1.82, 2.24) is 0 Å². The predicted octanol–water partition coefficient (Wildman–Crippen LogP) is 2.95. The summed E-state index contributed by atoms with van der Waals surface area (Å²) in [6.45, 7) is 0. The Kier molecular flexibility index (Phi) is 5.19. The van der Waals surface area contributed by atoms with Crippen molar-refractivity contribution >= 4 is 17.6 Å². The fourth-order valence-electron chi connectivity index (χ4n) is 1.54. The van der Waals surface area contributed by atoms with E-state index in [1.165, 1.54) is 0 Å². The van der Waals surface area contributed by atoms with Gasteiger partial charge in [-0.3, -0.25) is 4.79 Å². The topological polar surface area (TPSA) is 37.3 Å². The summed E-state index contributed by atoms with van der Waals surface area (Å²) in [5.74, 6) is -0.520. The number of rotatable bonds is 6. The van der Waals surface area contributed by atoms with Crippen LogP contribution < -0.4 is 0 Å². The smallest absolute Gasteiger partial charge is 0.306 e. The molecule has 0 saturated carbocycles. The first-order valence-electron chi connectivity index (χ1n) is 5.06. The Morgan fingerprint density at radius 1 is 1.33 bits per heavy atom. The monoisotopic (exact) mass is 226 g/mol. The van der Waals surface area contributed by atoms with Crippen LogP contribution in [0, 0.1) is 5.92 Å². The molecule has 3 heteroatoms. The minimum absolute atomic E-state index is 0.314. The minimum Gasteiger partial charge on any atom is -0.481 e. The molecular weight excluding hydrogens is 212 g/mol. The Labute approximate surface area is 94.9 Å². The van der Waals surface area contributed by atoms with Crippen LogP contribution in [0.25, 0.3) is 0 Å². The second-order valence-electron chi connectivity index (χ2n) is 3.56. The van der Waals surface area contributed by atoms with Crippen LogP contribution >= 0.6 is 11.6 Å². The van der Waals surface area contributed by atoms with E-state index in [9.17, 15) is 4.79 Å². The Balaban J connectivity index is 2.55. The Bertz CT molecular complexity index is 298. The molecule has 0 amide bonds. The summed E-state index contributed by atoms with van der Waals surface area (Å²) in [5.41, 5.74) is 1.07. The lowest BCUT2D eigenvalue weighted by Gasteiger charge is -2.11. The molecule has 0 aliphatic rings. The molecule has 1 aromatic rings. The number of benzene rings is 1. The third-order valence-electron chi connectivity index (χ3n) is 2.36. The Morgan fingerprint density at radius 2 is 2.00 bits per heavy atom. The van der Waals surface area contributed by atoms with E-state index in [4.69, 9.17) is 16.7 Å². The number of halogens is 1. The van der Waals surface area contributed by atoms with E-state index in [-0.39, 0.29) is 5.92 Å². The lowest BCUT2D eigenvalue weighted by molar-refractivity contribution is -0.141. The lowest BCUT2D eigenvalue weighted by Crippen LogP contribution is -2.16. The van der Waals surface area contributed by atoms with Crippen molar-refractivity contribution in [2.24, 2.45) is 5.92 Å². The first kappa shape index (κ1) is 12.1. The molecule has 0 aliphatic carbocycles. The maximum absolute atomic E-state index is 11.0. The third kappa shape index (κ3) is 4.34. The number of hydrogen-bond donors (Lipinski definition) is 1. The largest absolute Gasteiger partial charge is 0.481 e. The summed E-state index contributed by atoms with van der Waals surface area (Å²) >= 11 is 5.56. The van der Waals surface area contributed by atoms with Gasteiger partial charge in [0.1, 0.15) is 0 Å². The number of carboxylic acids is 1. The first-order chi connectivity index (χ1) is 7.24. The van der Waals surface area contributed by atoms with Crippen LogP contribution in [0.3, 0.4) is 0 Å². The zero-order valence-electron chi connectivity index (χ0n) is 8.53. The molecule has 0 radical (unpaired) electrons. The summed E-state index contributed by atoms with van der Waals surface area (Å²) < 4.78 is 0. The number of carboxylic acid groups (broad SMARTS) is 1. The van der Waals surface area contributed by atoms with Gasteiger partial charge in [-0.1, -0.05) is 30.3 Å². The number of alkyl halides is 1. The molecule has 0 heterocycles. The predicted molar refractivity (Wildman–Crippen MR) is 61.2 cm³/mol. The van der Waals surface area contributed by atoms with Crippen LogP contribution in [0.2, 0.25) is 0 Å². The van der Waals surface area contributed by atoms with Crippen LogP contribution in [-0.4, -0.2) is 17.0 Å². The number of aliphatic carboxylic acids is 1.